The lowest BCUT2D eigenvalue weighted by Gasteiger charge is -2.28. The van der Waals surface area contributed by atoms with Gasteiger partial charge in [-0.3, -0.25) is 4.79 Å². The fourth-order valence-corrected chi connectivity index (χ4v) is 3.70. The highest BCUT2D eigenvalue weighted by atomic mass is 32.2. The molecule has 0 saturated heterocycles. The summed E-state index contributed by atoms with van der Waals surface area (Å²) in [6.07, 6.45) is 3.21. The molecule has 7 nitrogen and oxygen atoms in total. The van der Waals surface area contributed by atoms with E-state index in [1.165, 1.54) is 11.4 Å². The number of aryl methyl sites for hydroxylation is 1. The molecule has 0 aliphatic carbocycles. The molecule has 154 valence electrons. The van der Waals surface area contributed by atoms with E-state index in [1.807, 2.05) is 13.0 Å². The van der Waals surface area contributed by atoms with Crippen LogP contribution in [0.3, 0.4) is 0 Å². The van der Waals surface area contributed by atoms with Gasteiger partial charge in [-0.25, -0.2) is 4.98 Å². The molecule has 1 N–H and O–H groups in total. The lowest BCUT2D eigenvalue weighted by molar-refractivity contribution is -0.116. The van der Waals surface area contributed by atoms with E-state index < -0.39 is 16.1 Å². The van der Waals surface area contributed by atoms with Crippen LogP contribution in [-0.2, 0) is 15.0 Å². The SMILES string of the molecule is Cc1ccc(NC(=O)CN(C)S(=O)(=O)N(CCC(C)C)CCC(C)C)nc1. The Morgan fingerprint density at radius 2 is 1.67 bits per heavy atom. The average molecular weight is 399 g/mol. The van der Waals surface area contributed by atoms with Crippen LogP contribution in [-0.4, -0.2) is 54.6 Å². The van der Waals surface area contributed by atoms with Crippen molar-refractivity contribution < 1.29 is 13.2 Å². The smallest absolute Gasteiger partial charge is 0.282 e. The first-order valence-electron chi connectivity index (χ1n) is 9.46. The number of hydrogen-bond acceptors (Lipinski definition) is 4. The second kappa shape index (κ2) is 10.7. The van der Waals surface area contributed by atoms with E-state index in [9.17, 15) is 13.2 Å². The number of nitrogens with zero attached hydrogens (tertiary/aromatic N) is 3. The lowest BCUT2D eigenvalue weighted by atomic mass is 10.1. The van der Waals surface area contributed by atoms with Crippen LogP contribution < -0.4 is 5.32 Å². The molecule has 0 aliphatic rings. The molecule has 0 radical (unpaired) electrons. The molecule has 0 fully saturated rings. The van der Waals surface area contributed by atoms with Gasteiger partial charge < -0.3 is 5.32 Å². The maximum absolute atomic E-state index is 12.9. The minimum atomic E-state index is -3.70. The summed E-state index contributed by atoms with van der Waals surface area (Å²) >= 11 is 0. The highest BCUT2D eigenvalue weighted by Gasteiger charge is 2.28. The molecule has 0 aliphatic heterocycles. The molecule has 1 amide bonds. The highest BCUT2D eigenvalue weighted by molar-refractivity contribution is 7.86. The van der Waals surface area contributed by atoms with Crippen LogP contribution in [0.15, 0.2) is 18.3 Å². The first-order valence-corrected chi connectivity index (χ1v) is 10.9. The van der Waals surface area contributed by atoms with Crippen molar-refractivity contribution in [1.82, 2.24) is 13.6 Å². The van der Waals surface area contributed by atoms with E-state index in [4.69, 9.17) is 0 Å². The number of carbonyl (C=O) groups is 1. The predicted octanol–water partition coefficient (Wildman–Crippen LogP) is 2.90. The van der Waals surface area contributed by atoms with Gasteiger partial charge in [-0.2, -0.15) is 17.0 Å². The molecule has 0 aromatic carbocycles. The number of nitrogens with one attached hydrogen (secondary N) is 1. The minimum Gasteiger partial charge on any atom is -0.310 e. The fourth-order valence-electron chi connectivity index (χ4n) is 2.35. The van der Waals surface area contributed by atoms with Crippen molar-refractivity contribution in [1.29, 1.82) is 0 Å². The standard InChI is InChI=1S/C19H34N4O3S/c1-15(2)9-11-23(12-10-16(3)4)27(25,26)22(6)14-19(24)21-18-8-7-17(5)13-20-18/h7-8,13,15-16H,9-12,14H2,1-6H3,(H,20,21,24). The molecule has 0 unspecified atom stereocenters. The van der Waals surface area contributed by atoms with Gasteiger partial charge in [0.2, 0.25) is 5.91 Å². The summed E-state index contributed by atoms with van der Waals surface area (Å²) in [6, 6.07) is 3.53. The Morgan fingerprint density at radius 3 is 2.11 bits per heavy atom. The van der Waals surface area contributed by atoms with E-state index in [0.29, 0.717) is 30.7 Å². The molecule has 0 saturated carbocycles. The van der Waals surface area contributed by atoms with Gasteiger partial charge in [-0.15, -0.1) is 0 Å². The zero-order valence-corrected chi connectivity index (χ0v) is 18.2. The van der Waals surface area contributed by atoms with Crippen LogP contribution in [0, 0.1) is 18.8 Å². The Morgan fingerprint density at radius 1 is 1.11 bits per heavy atom. The third-order valence-corrected chi connectivity index (χ3v) is 6.11. The number of hydrogen-bond donors (Lipinski definition) is 1. The van der Waals surface area contributed by atoms with Crippen LogP contribution in [0.2, 0.25) is 0 Å². The van der Waals surface area contributed by atoms with Gasteiger partial charge in [0, 0.05) is 26.3 Å². The molecule has 1 aromatic rings. The van der Waals surface area contributed by atoms with Crippen molar-refractivity contribution in [3.8, 4) is 0 Å². The molecule has 0 bridgehead atoms. The number of pyridine rings is 1. The topological polar surface area (TPSA) is 82.6 Å². The fraction of sp³-hybridized carbons (Fsp3) is 0.684. The Labute approximate surface area is 164 Å². The van der Waals surface area contributed by atoms with E-state index in [2.05, 4.69) is 38.0 Å². The van der Waals surface area contributed by atoms with Crippen LogP contribution >= 0.6 is 0 Å². The number of anilines is 1. The number of amides is 1. The summed E-state index contributed by atoms with van der Waals surface area (Å²) in [7, 11) is -2.26. The largest absolute Gasteiger partial charge is 0.310 e. The summed E-state index contributed by atoms with van der Waals surface area (Å²) in [4.78, 5) is 16.3. The Kier molecular flexibility index (Phi) is 9.35. The molecule has 0 spiro atoms. The zero-order valence-electron chi connectivity index (χ0n) is 17.4. The van der Waals surface area contributed by atoms with Crippen LogP contribution in [0.1, 0.15) is 46.1 Å². The average Bonchev–Trinajstić information content (AvgIpc) is 2.56. The molecule has 0 atom stereocenters. The van der Waals surface area contributed by atoms with Gasteiger partial charge in [0.15, 0.2) is 0 Å². The number of aromatic nitrogens is 1. The van der Waals surface area contributed by atoms with Gasteiger partial charge in [0.1, 0.15) is 5.82 Å². The first-order chi connectivity index (χ1) is 12.5. The normalized spacial score (nSPS) is 12.4. The quantitative estimate of drug-likeness (QED) is 0.621. The van der Waals surface area contributed by atoms with Gasteiger partial charge in [-0.05, 0) is 43.2 Å². The van der Waals surface area contributed by atoms with Crippen molar-refractivity contribution in [2.24, 2.45) is 11.8 Å². The lowest BCUT2D eigenvalue weighted by Crippen LogP contribution is -2.46. The van der Waals surface area contributed by atoms with Gasteiger partial charge in [-0.1, -0.05) is 33.8 Å². The molecule has 1 rings (SSSR count). The molecular formula is C19H34N4O3S. The van der Waals surface area contributed by atoms with Gasteiger partial charge >= 0.3 is 0 Å². The summed E-state index contributed by atoms with van der Waals surface area (Å²) in [5.74, 6) is 0.809. The molecule has 1 aromatic heterocycles. The molecular weight excluding hydrogens is 364 g/mol. The minimum absolute atomic E-state index is 0.252. The molecule has 1 heterocycles. The van der Waals surface area contributed by atoms with Crippen molar-refractivity contribution in [3.63, 3.8) is 0 Å². The van der Waals surface area contributed by atoms with Crippen LogP contribution in [0.4, 0.5) is 5.82 Å². The predicted molar refractivity (Wildman–Crippen MR) is 110 cm³/mol. The van der Waals surface area contributed by atoms with Crippen molar-refractivity contribution >= 4 is 21.9 Å². The summed E-state index contributed by atoms with van der Waals surface area (Å²) in [5, 5.41) is 2.64. The van der Waals surface area contributed by atoms with E-state index in [1.54, 1.807) is 12.3 Å². The van der Waals surface area contributed by atoms with Crippen molar-refractivity contribution in [2.45, 2.75) is 47.5 Å². The molecule has 8 heteroatoms. The second-order valence-corrected chi connectivity index (χ2v) is 9.83. The second-order valence-electron chi connectivity index (χ2n) is 7.80. The Bertz CT molecular complexity index is 675. The number of likely N-dealkylation sites (N-methyl/N-ethyl adjacent to an activating group) is 1. The van der Waals surface area contributed by atoms with E-state index in [0.717, 1.165) is 22.7 Å². The summed E-state index contributed by atoms with van der Waals surface area (Å²) < 4.78 is 28.5. The van der Waals surface area contributed by atoms with E-state index >= 15 is 0 Å². The summed E-state index contributed by atoms with van der Waals surface area (Å²) in [5.41, 5.74) is 0.985. The van der Waals surface area contributed by atoms with Crippen LogP contribution in [0.25, 0.3) is 0 Å². The Balaban J connectivity index is 2.76. The highest BCUT2D eigenvalue weighted by Crippen LogP contribution is 2.14. The summed E-state index contributed by atoms with van der Waals surface area (Å²) in [6.45, 7) is 10.8. The van der Waals surface area contributed by atoms with Crippen LogP contribution in [0.5, 0.6) is 0 Å². The number of carbonyl (C=O) groups excluding carboxylic acids is 1. The molecule has 27 heavy (non-hydrogen) atoms. The maximum Gasteiger partial charge on any atom is 0.282 e. The van der Waals surface area contributed by atoms with Crippen molar-refractivity contribution in [2.75, 3.05) is 32.0 Å². The first kappa shape index (κ1) is 23.5. The van der Waals surface area contributed by atoms with Gasteiger partial charge in [0.05, 0.1) is 6.54 Å². The van der Waals surface area contributed by atoms with E-state index in [-0.39, 0.29) is 6.54 Å². The number of rotatable bonds is 11. The zero-order chi connectivity index (χ0) is 20.6. The third-order valence-electron chi connectivity index (χ3n) is 4.18. The maximum atomic E-state index is 12.9. The van der Waals surface area contributed by atoms with Crippen molar-refractivity contribution in [3.05, 3.63) is 23.9 Å². The monoisotopic (exact) mass is 398 g/mol. The Hall–Kier alpha value is -1.51. The van der Waals surface area contributed by atoms with Gasteiger partial charge in [0.25, 0.3) is 10.2 Å². The third kappa shape index (κ3) is 8.36.